The molecule has 0 aliphatic carbocycles. The molecule has 0 unspecified atom stereocenters. The predicted octanol–water partition coefficient (Wildman–Crippen LogP) is 3.91. The zero-order valence-corrected chi connectivity index (χ0v) is 16.6. The first kappa shape index (κ1) is 20.3. The molecule has 3 aromatic carbocycles. The smallest absolute Gasteiger partial charge is 0.338 e. The van der Waals surface area contributed by atoms with E-state index in [1.54, 1.807) is 31.2 Å². The summed E-state index contributed by atoms with van der Waals surface area (Å²) in [6.07, 6.45) is 0. The largest absolute Gasteiger partial charge is 0.483 e. The Hall–Kier alpha value is -3.45. The molecular formula is C22H20N2O4S. The number of thiocarbonyl (C=S) groups is 1. The van der Waals surface area contributed by atoms with Crippen molar-refractivity contribution >= 4 is 45.7 Å². The molecule has 0 spiro atoms. The van der Waals surface area contributed by atoms with E-state index in [1.165, 1.54) is 0 Å². The van der Waals surface area contributed by atoms with Gasteiger partial charge in [-0.3, -0.25) is 10.1 Å². The number of carbonyl (C=O) groups excluding carboxylic acids is 2. The lowest BCUT2D eigenvalue weighted by atomic mass is 10.1. The van der Waals surface area contributed by atoms with Gasteiger partial charge < -0.3 is 14.8 Å². The zero-order chi connectivity index (χ0) is 20.6. The van der Waals surface area contributed by atoms with Crippen LogP contribution in [-0.2, 0) is 9.53 Å². The first-order valence-electron chi connectivity index (χ1n) is 9.05. The van der Waals surface area contributed by atoms with E-state index in [-0.39, 0.29) is 23.6 Å². The minimum atomic E-state index is -0.388. The van der Waals surface area contributed by atoms with E-state index in [0.717, 1.165) is 10.8 Å². The number of hydrogen-bond acceptors (Lipinski definition) is 5. The fraction of sp³-hybridized carbons (Fsp3) is 0.136. The number of anilines is 1. The maximum atomic E-state index is 12.1. The van der Waals surface area contributed by atoms with Gasteiger partial charge in [0.2, 0.25) is 0 Å². The molecule has 29 heavy (non-hydrogen) atoms. The van der Waals surface area contributed by atoms with Crippen LogP contribution < -0.4 is 15.4 Å². The molecule has 3 aromatic rings. The molecule has 0 fully saturated rings. The molecule has 7 heteroatoms. The van der Waals surface area contributed by atoms with Crippen molar-refractivity contribution < 1.29 is 19.1 Å². The summed E-state index contributed by atoms with van der Waals surface area (Å²) < 4.78 is 10.6. The number of amides is 1. The van der Waals surface area contributed by atoms with Crippen molar-refractivity contribution in [3.8, 4) is 5.75 Å². The minimum absolute atomic E-state index is 0.139. The van der Waals surface area contributed by atoms with Crippen LogP contribution in [0.2, 0.25) is 0 Å². The van der Waals surface area contributed by atoms with Gasteiger partial charge in [0.1, 0.15) is 5.75 Å². The Labute approximate surface area is 173 Å². The van der Waals surface area contributed by atoms with Crippen molar-refractivity contribution in [2.45, 2.75) is 6.92 Å². The van der Waals surface area contributed by atoms with Crippen LogP contribution in [0, 0.1) is 0 Å². The van der Waals surface area contributed by atoms with Crippen LogP contribution in [0.25, 0.3) is 10.8 Å². The molecule has 2 N–H and O–H groups in total. The third-order valence-corrected chi connectivity index (χ3v) is 4.22. The first-order chi connectivity index (χ1) is 14.1. The van der Waals surface area contributed by atoms with E-state index in [4.69, 9.17) is 21.7 Å². The molecule has 3 rings (SSSR count). The highest BCUT2D eigenvalue weighted by molar-refractivity contribution is 7.80. The fourth-order valence-electron chi connectivity index (χ4n) is 2.69. The summed E-state index contributed by atoms with van der Waals surface area (Å²) >= 11 is 5.16. The number of esters is 1. The normalized spacial score (nSPS) is 10.2. The third kappa shape index (κ3) is 5.52. The number of benzene rings is 3. The van der Waals surface area contributed by atoms with Crippen molar-refractivity contribution in [2.75, 3.05) is 18.5 Å². The summed E-state index contributed by atoms with van der Waals surface area (Å²) in [6, 6.07) is 20.1. The lowest BCUT2D eigenvalue weighted by Gasteiger charge is -2.12. The molecule has 0 saturated carbocycles. The number of nitrogens with one attached hydrogen (secondary N) is 2. The van der Waals surface area contributed by atoms with E-state index in [1.807, 2.05) is 42.5 Å². The number of fused-ring (bicyclic) bond motifs is 1. The summed E-state index contributed by atoms with van der Waals surface area (Å²) in [4.78, 5) is 23.8. The summed E-state index contributed by atoms with van der Waals surface area (Å²) in [7, 11) is 0. The van der Waals surface area contributed by atoms with Crippen molar-refractivity contribution in [1.82, 2.24) is 5.32 Å². The highest BCUT2D eigenvalue weighted by Gasteiger charge is 2.09. The predicted molar refractivity (Wildman–Crippen MR) is 116 cm³/mol. The Bertz CT molecular complexity index is 1030. The molecule has 0 bridgehead atoms. The fourth-order valence-corrected chi connectivity index (χ4v) is 2.93. The molecule has 0 saturated heterocycles. The molecular weight excluding hydrogens is 388 g/mol. The average molecular weight is 408 g/mol. The Kier molecular flexibility index (Phi) is 6.76. The van der Waals surface area contributed by atoms with Gasteiger partial charge in [0.05, 0.1) is 12.2 Å². The second-order valence-corrected chi connectivity index (χ2v) is 6.47. The Morgan fingerprint density at radius 2 is 1.69 bits per heavy atom. The van der Waals surface area contributed by atoms with Crippen molar-refractivity contribution in [2.24, 2.45) is 0 Å². The van der Waals surface area contributed by atoms with E-state index < -0.39 is 0 Å². The molecule has 6 nitrogen and oxygen atoms in total. The van der Waals surface area contributed by atoms with Crippen LogP contribution in [-0.4, -0.2) is 30.2 Å². The van der Waals surface area contributed by atoms with Gasteiger partial charge in [0, 0.05) is 11.1 Å². The van der Waals surface area contributed by atoms with Gasteiger partial charge in [-0.25, -0.2) is 4.79 Å². The van der Waals surface area contributed by atoms with Gasteiger partial charge >= 0.3 is 5.97 Å². The lowest BCUT2D eigenvalue weighted by molar-refractivity contribution is -0.121. The maximum absolute atomic E-state index is 12.1. The molecule has 148 valence electrons. The zero-order valence-electron chi connectivity index (χ0n) is 15.8. The topological polar surface area (TPSA) is 76.7 Å². The van der Waals surface area contributed by atoms with Crippen molar-refractivity contribution in [1.29, 1.82) is 0 Å². The van der Waals surface area contributed by atoms with Gasteiger partial charge in [0.25, 0.3) is 5.91 Å². The van der Waals surface area contributed by atoms with Crippen LogP contribution in [0.4, 0.5) is 5.69 Å². The second-order valence-electron chi connectivity index (χ2n) is 6.07. The standard InChI is InChI=1S/C22H20N2O4S/c1-2-27-21(26)16-10-12-17(13-11-16)23-22(29)24-20(25)14-28-19-9-5-7-15-6-3-4-8-18(15)19/h3-13H,2,14H2,1H3,(H2,23,24,25,29). The lowest BCUT2D eigenvalue weighted by Crippen LogP contribution is -2.37. The van der Waals surface area contributed by atoms with Crippen LogP contribution >= 0.6 is 12.2 Å². The average Bonchev–Trinajstić information content (AvgIpc) is 2.73. The summed E-state index contributed by atoms with van der Waals surface area (Å²) in [5, 5.41) is 7.57. The highest BCUT2D eigenvalue weighted by atomic mass is 32.1. The van der Waals surface area contributed by atoms with Gasteiger partial charge in [-0.1, -0.05) is 36.4 Å². The number of hydrogen-bond donors (Lipinski definition) is 2. The van der Waals surface area contributed by atoms with Crippen molar-refractivity contribution in [3.05, 3.63) is 72.3 Å². The Morgan fingerprint density at radius 1 is 0.966 bits per heavy atom. The SMILES string of the molecule is CCOC(=O)c1ccc(NC(=S)NC(=O)COc2cccc3ccccc23)cc1. The first-order valence-corrected chi connectivity index (χ1v) is 9.46. The van der Waals surface area contributed by atoms with E-state index >= 15 is 0 Å². The van der Waals surface area contributed by atoms with Crippen LogP contribution in [0.3, 0.4) is 0 Å². The molecule has 0 heterocycles. The molecule has 0 aliphatic rings. The summed E-state index contributed by atoms with van der Waals surface area (Å²) in [5.74, 6) is -0.134. The van der Waals surface area contributed by atoms with Gasteiger partial charge in [-0.2, -0.15) is 0 Å². The summed E-state index contributed by atoms with van der Waals surface area (Å²) in [6.45, 7) is 1.90. The molecule has 0 aromatic heterocycles. The van der Waals surface area contributed by atoms with Crippen molar-refractivity contribution in [3.63, 3.8) is 0 Å². The Morgan fingerprint density at radius 3 is 2.45 bits per heavy atom. The van der Waals surface area contributed by atoms with E-state index in [0.29, 0.717) is 23.6 Å². The second kappa shape index (κ2) is 9.66. The van der Waals surface area contributed by atoms with Gasteiger partial charge in [-0.05, 0) is 54.9 Å². The van der Waals surface area contributed by atoms with Crippen LogP contribution in [0.1, 0.15) is 17.3 Å². The van der Waals surface area contributed by atoms with E-state index in [2.05, 4.69) is 10.6 Å². The van der Waals surface area contributed by atoms with Crippen LogP contribution in [0.15, 0.2) is 66.7 Å². The molecule has 1 amide bonds. The highest BCUT2D eigenvalue weighted by Crippen LogP contribution is 2.24. The molecule has 0 atom stereocenters. The quantitative estimate of drug-likeness (QED) is 0.476. The molecule has 0 aliphatic heterocycles. The monoisotopic (exact) mass is 408 g/mol. The van der Waals surface area contributed by atoms with Gasteiger partial charge in [0.15, 0.2) is 11.7 Å². The Balaban J connectivity index is 1.51. The maximum Gasteiger partial charge on any atom is 0.338 e. The summed E-state index contributed by atoms with van der Waals surface area (Å²) in [5.41, 5.74) is 1.08. The van der Waals surface area contributed by atoms with Crippen LogP contribution in [0.5, 0.6) is 5.75 Å². The third-order valence-electron chi connectivity index (χ3n) is 4.02. The number of rotatable bonds is 6. The van der Waals surface area contributed by atoms with Gasteiger partial charge in [-0.15, -0.1) is 0 Å². The number of carbonyl (C=O) groups is 2. The number of ether oxygens (including phenoxy) is 2. The van der Waals surface area contributed by atoms with E-state index in [9.17, 15) is 9.59 Å². The minimum Gasteiger partial charge on any atom is -0.483 e. The molecule has 0 radical (unpaired) electrons.